The van der Waals surface area contributed by atoms with Crippen LogP contribution in [0.15, 0.2) is 24.3 Å². The molecule has 0 unspecified atom stereocenters. The summed E-state index contributed by atoms with van der Waals surface area (Å²) in [6.07, 6.45) is 0. The Bertz CT molecular complexity index is 382. The first kappa shape index (κ1) is 13.8. The minimum absolute atomic E-state index is 0.630. The molecular weight excluding hydrogens is 222 g/mol. The van der Waals surface area contributed by atoms with E-state index >= 15 is 0 Å². The molecule has 0 aromatic heterocycles. The van der Waals surface area contributed by atoms with Gasteiger partial charge in [0.15, 0.2) is 0 Å². The van der Waals surface area contributed by atoms with Crippen molar-refractivity contribution >= 4 is 16.1 Å². The number of nitrogens with two attached hydrogens (primary N) is 1. The standard InChI is InChI=1S/C8H11NO.H2O4S/c1-10-6-7-3-2-4-8(9)5-7;1-5(2,3)4/h2-5H,6,9H2,1H3;(H2,1,2,3,4). The fourth-order valence-corrected chi connectivity index (χ4v) is 0.850. The van der Waals surface area contributed by atoms with Crippen LogP contribution < -0.4 is 5.73 Å². The molecule has 1 aromatic carbocycles. The van der Waals surface area contributed by atoms with Gasteiger partial charge in [0.05, 0.1) is 6.61 Å². The van der Waals surface area contributed by atoms with E-state index in [9.17, 15) is 0 Å². The maximum absolute atomic E-state index is 8.74. The predicted molar refractivity (Wildman–Crippen MR) is 55.7 cm³/mol. The molecular formula is C8H13NO5S. The third-order valence-electron chi connectivity index (χ3n) is 1.26. The van der Waals surface area contributed by atoms with Crippen LogP contribution in [0.1, 0.15) is 5.56 Å². The Kier molecular flexibility index (Phi) is 5.87. The predicted octanol–water partition coefficient (Wildman–Crippen LogP) is 0.762. The lowest BCUT2D eigenvalue weighted by Gasteiger charge is -1.98. The highest BCUT2D eigenvalue weighted by Crippen LogP contribution is 2.06. The first-order valence-electron chi connectivity index (χ1n) is 3.86. The van der Waals surface area contributed by atoms with Crippen LogP contribution in [-0.2, 0) is 21.7 Å². The van der Waals surface area contributed by atoms with Crippen LogP contribution in [0.4, 0.5) is 5.69 Å². The summed E-state index contributed by atoms with van der Waals surface area (Å²) >= 11 is 0. The Morgan fingerprint density at radius 3 is 2.33 bits per heavy atom. The Morgan fingerprint density at radius 2 is 1.93 bits per heavy atom. The van der Waals surface area contributed by atoms with Gasteiger partial charge in [-0.1, -0.05) is 12.1 Å². The van der Waals surface area contributed by atoms with E-state index < -0.39 is 10.4 Å². The van der Waals surface area contributed by atoms with Crippen molar-refractivity contribution < 1.29 is 22.3 Å². The van der Waals surface area contributed by atoms with Crippen molar-refractivity contribution in [2.24, 2.45) is 0 Å². The van der Waals surface area contributed by atoms with Gasteiger partial charge in [0, 0.05) is 12.8 Å². The van der Waals surface area contributed by atoms with Crippen molar-refractivity contribution in [1.82, 2.24) is 0 Å². The van der Waals surface area contributed by atoms with Crippen molar-refractivity contribution in [1.29, 1.82) is 0 Å². The Hall–Kier alpha value is -1.15. The molecule has 0 saturated heterocycles. The summed E-state index contributed by atoms with van der Waals surface area (Å²) in [7, 11) is -3.00. The number of anilines is 1. The molecule has 7 heteroatoms. The number of hydrogen-bond donors (Lipinski definition) is 3. The maximum atomic E-state index is 8.74. The third kappa shape index (κ3) is 10.8. The monoisotopic (exact) mass is 235 g/mol. The van der Waals surface area contributed by atoms with E-state index in [1.165, 1.54) is 0 Å². The molecule has 15 heavy (non-hydrogen) atoms. The van der Waals surface area contributed by atoms with E-state index in [0.29, 0.717) is 6.61 Å². The second-order valence-electron chi connectivity index (χ2n) is 2.63. The summed E-state index contributed by atoms with van der Waals surface area (Å²) in [6.45, 7) is 0.630. The van der Waals surface area contributed by atoms with Crippen LogP contribution in [0.3, 0.4) is 0 Å². The smallest absolute Gasteiger partial charge is 0.394 e. The summed E-state index contributed by atoms with van der Waals surface area (Å²) in [5, 5.41) is 0. The van der Waals surface area contributed by atoms with Gasteiger partial charge in [-0.15, -0.1) is 0 Å². The summed E-state index contributed by atoms with van der Waals surface area (Å²) in [5.74, 6) is 0. The molecule has 0 bridgehead atoms. The molecule has 0 saturated carbocycles. The topological polar surface area (TPSA) is 110 Å². The number of ether oxygens (including phenoxy) is 1. The molecule has 0 atom stereocenters. The van der Waals surface area contributed by atoms with Crippen molar-refractivity contribution in [3.63, 3.8) is 0 Å². The largest absolute Gasteiger partial charge is 0.399 e. The summed E-state index contributed by atoms with van der Waals surface area (Å²) < 4.78 is 36.5. The fourth-order valence-electron chi connectivity index (χ4n) is 0.850. The van der Waals surface area contributed by atoms with E-state index in [2.05, 4.69) is 0 Å². The van der Waals surface area contributed by atoms with E-state index in [4.69, 9.17) is 28.0 Å². The first-order chi connectivity index (χ1) is 6.83. The second kappa shape index (κ2) is 6.36. The quantitative estimate of drug-likeness (QED) is 0.515. The molecule has 0 heterocycles. The van der Waals surface area contributed by atoms with Gasteiger partial charge in [-0.05, 0) is 17.7 Å². The highest BCUT2D eigenvalue weighted by molar-refractivity contribution is 7.79. The number of benzene rings is 1. The minimum atomic E-state index is -4.67. The Morgan fingerprint density at radius 1 is 1.40 bits per heavy atom. The first-order valence-corrected chi connectivity index (χ1v) is 5.26. The number of rotatable bonds is 2. The van der Waals surface area contributed by atoms with Crippen LogP contribution >= 0.6 is 0 Å². The van der Waals surface area contributed by atoms with Crippen molar-refractivity contribution in [2.75, 3.05) is 12.8 Å². The molecule has 0 amide bonds. The normalized spacial score (nSPS) is 10.3. The third-order valence-corrected chi connectivity index (χ3v) is 1.26. The second-order valence-corrected chi connectivity index (χ2v) is 3.52. The molecule has 0 aliphatic carbocycles. The lowest BCUT2D eigenvalue weighted by molar-refractivity contribution is 0.185. The number of methoxy groups -OCH3 is 1. The minimum Gasteiger partial charge on any atom is -0.399 e. The van der Waals surface area contributed by atoms with Crippen LogP contribution in [0.2, 0.25) is 0 Å². The van der Waals surface area contributed by atoms with E-state index in [1.54, 1.807) is 7.11 Å². The van der Waals surface area contributed by atoms with Gasteiger partial charge in [0.1, 0.15) is 0 Å². The van der Waals surface area contributed by atoms with Crippen LogP contribution in [0.5, 0.6) is 0 Å². The lowest BCUT2D eigenvalue weighted by atomic mass is 10.2. The molecule has 0 aliphatic rings. The molecule has 0 spiro atoms. The van der Waals surface area contributed by atoms with Crippen LogP contribution in [0, 0.1) is 0 Å². The highest BCUT2D eigenvalue weighted by Gasteiger charge is 1.89. The summed E-state index contributed by atoms with van der Waals surface area (Å²) in [6, 6.07) is 7.67. The van der Waals surface area contributed by atoms with Crippen LogP contribution in [0.25, 0.3) is 0 Å². The van der Waals surface area contributed by atoms with Gasteiger partial charge in [-0.2, -0.15) is 8.42 Å². The number of hydrogen-bond acceptors (Lipinski definition) is 4. The van der Waals surface area contributed by atoms with Gasteiger partial charge >= 0.3 is 10.4 Å². The van der Waals surface area contributed by atoms with Crippen molar-refractivity contribution in [3.05, 3.63) is 29.8 Å². The van der Waals surface area contributed by atoms with Gasteiger partial charge in [0.25, 0.3) is 0 Å². The van der Waals surface area contributed by atoms with Gasteiger partial charge < -0.3 is 10.5 Å². The molecule has 1 rings (SSSR count). The summed E-state index contributed by atoms with van der Waals surface area (Å²) in [5.41, 5.74) is 7.43. The highest BCUT2D eigenvalue weighted by atomic mass is 32.3. The SMILES string of the molecule is COCc1cccc(N)c1.O=S(=O)(O)O. The van der Waals surface area contributed by atoms with Gasteiger partial charge in [-0.25, -0.2) is 0 Å². The molecule has 0 fully saturated rings. The summed E-state index contributed by atoms with van der Waals surface area (Å²) in [4.78, 5) is 0. The zero-order chi connectivity index (χ0) is 11.9. The maximum Gasteiger partial charge on any atom is 0.394 e. The molecule has 6 nitrogen and oxygen atoms in total. The molecule has 4 N–H and O–H groups in total. The average molecular weight is 235 g/mol. The van der Waals surface area contributed by atoms with E-state index in [1.807, 2.05) is 24.3 Å². The average Bonchev–Trinajstić information content (AvgIpc) is 2.01. The molecule has 86 valence electrons. The zero-order valence-corrected chi connectivity index (χ0v) is 8.94. The van der Waals surface area contributed by atoms with E-state index in [-0.39, 0.29) is 0 Å². The molecule has 0 aliphatic heterocycles. The Balaban J connectivity index is 0.000000336. The van der Waals surface area contributed by atoms with Crippen LogP contribution in [-0.4, -0.2) is 24.6 Å². The zero-order valence-electron chi connectivity index (χ0n) is 8.12. The fraction of sp³-hybridized carbons (Fsp3) is 0.250. The van der Waals surface area contributed by atoms with Crippen molar-refractivity contribution in [3.8, 4) is 0 Å². The number of nitrogen functional groups attached to an aromatic ring is 1. The molecule has 1 aromatic rings. The van der Waals surface area contributed by atoms with Crippen molar-refractivity contribution in [2.45, 2.75) is 6.61 Å². The van der Waals surface area contributed by atoms with Gasteiger partial charge in [0.2, 0.25) is 0 Å². The molecule has 0 radical (unpaired) electrons. The lowest BCUT2D eigenvalue weighted by Crippen LogP contribution is -1.89. The van der Waals surface area contributed by atoms with Gasteiger partial charge in [-0.3, -0.25) is 9.11 Å². The Labute approximate surface area is 88.3 Å². The van der Waals surface area contributed by atoms with E-state index in [0.717, 1.165) is 11.3 Å².